The minimum absolute atomic E-state index is 0. The molecule has 0 spiro atoms. The fourth-order valence-corrected chi connectivity index (χ4v) is 4.86. The van der Waals surface area contributed by atoms with Crippen LogP contribution in [0.15, 0.2) is 0 Å². The summed E-state index contributed by atoms with van der Waals surface area (Å²) in [5.74, 6) is 0.945. The monoisotopic (exact) mass is 378 g/mol. The van der Waals surface area contributed by atoms with Gasteiger partial charge in [-0.15, -0.1) is 12.4 Å². The van der Waals surface area contributed by atoms with Crippen LogP contribution >= 0.6 is 24.2 Å². The largest absolute Gasteiger partial charge is 0.332 e. The van der Waals surface area contributed by atoms with Crippen molar-refractivity contribution in [2.24, 2.45) is 11.5 Å². The van der Waals surface area contributed by atoms with Crippen LogP contribution < -0.4 is 22.1 Å². The molecular weight excluding hydrogens is 348 g/mol. The molecule has 140 valence electrons. The number of ketones is 1. The second-order valence-corrected chi connectivity index (χ2v) is 8.06. The van der Waals surface area contributed by atoms with Gasteiger partial charge in [-0.1, -0.05) is 26.2 Å². The van der Waals surface area contributed by atoms with E-state index in [1.807, 2.05) is 11.8 Å². The van der Waals surface area contributed by atoms with E-state index in [9.17, 15) is 9.59 Å². The molecule has 2 amide bonds. The fourth-order valence-electron chi connectivity index (χ4n) is 3.31. The summed E-state index contributed by atoms with van der Waals surface area (Å²) in [6.07, 6.45) is 6.88. The van der Waals surface area contributed by atoms with Crippen LogP contribution in [-0.4, -0.2) is 40.6 Å². The van der Waals surface area contributed by atoms with E-state index in [1.54, 1.807) is 0 Å². The Balaban J connectivity index is 0.00000288. The highest BCUT2D eigenvalue weighted by molar-refractivity contribution is 8.00. The third-order valence-electron chi connectivity index (χ3n) is 4.79. The number of nitrogens with two attached hydrogens (primary N) is 2. The fraction of sp³-hybridized carbons (Fsp3) is 0.875. The average Bonchev–Trinajstić information content (AvgIpc) is 3.03. The lowest BCUT2D eigenvalue weighted by atomic mass is 9.94. The third kappa shape index (κ3) is 5.79. The van der Waals surface area contributed by atoms with Crippen LogP contribution in [0.5, 0.6) is 0 Å². The lowest BCUT2D eigenvalue weighted by Gasteiger charge is -2.23. The summed E-state index contributed by atoms with van der Waals surface area (Å²) in [6.45, 7) is 2.12. The van der Waals surface area contributed by atoms with Crippen LogP contribution in [0.25, 0.3) is 0 Å². The van der Waals surface area contributed by atoms with E-state index < -0.39 is 5.66 Å². The maximum absolute atomic E-state index is 12.2. The van der Waals surface area contributed by atoms with E-state index in [0.29, 0.717) is 18.1 Å². The van der Waals surface area contributed by atoms with E-state index in [4.69, 9.17) is 11.5 Å². The molecule has 2 rings (SSSR count). The summed E-state index contributed by atoms with van der Waals surface area (Å²) in [6, 6.07) is 0.447. The van der Waals surface area contributed by atoms with Gasteiger partial charge >= 0.3 is 6.03 Å². The summed E-state index contributed by atoms with van der Waals surface area (Å²) in [5, 5.41) is 6.37. The molecule has 2 heterocycles. The molecule has 2 aliphatic rings. The number of fused-ring (bicyclic) bond motifs is 1. The van der Waals surface area contributed by atoms with Gasteiger partial charge in [-0.3, -0.25) is 4.79 Å². The smallest absolute Gasteiger partial charge is 0.315 e. The van der Waals surface area contributed by atoms with E-state index in [2.05, 4.69) is 17.6 Å². The Morgan fingerprint density at radius 1 is 1.25 bits per heavy atom. The molecule has 0 aliphatic carbocycles. The Hall–Kier alpha value is -0.500. The Morgan fingerprint density at radius 3 is 2.71 bits per heavy atom. The van der Waals surface area contributed by atoms with Crippen LogP contribution in [0.4, 0.5) is 4.79 Å². The molecule has 0 saturated carbocycles. The topological polar surface area (TPSA) is 110 Å². The average molecular weight is 379 g/mol. The second kappa shape index (κ2) is 9.85. The Kier molecular flexibility index (Phi) is 8.84. The maximum atomic E-state index is 12.2. The third-order valence-corrected chi connectivity index (χ3v) is 6.30. The van der Waals surface area contributed by atoms with Crippen molar-refractivity contribution in [1.29, 1.82) is 0 Å². The number of Topliss-reactive ketones (excluding diaryl/α,β-unsaturated/α-hetero) is 1. The molecule has 0 bridgehead atoms. The van der Waals surface area contributed by atoms with Gasteiger partial charge in [0.2, 0.25) is 0 Å². The Bertz CT molecular complexity index is 436. The summed E-state index contributed by atoms with van der Waals surface area (Å²) in [4.78, 5) is 23.5. The highest BCUT2D eigenvalue weighted by atomic mass is 35.5. The number of carbonyl (C=O) groups excluding carboxylic acids is 2. The zero-order valence-corrected chi connectivity index (χ0v) is 16.0. The molecule has 0 radical (unpaired) electrons. The first kappa shape index (κ1) is 21.5. The Labute approximate surface area is 155 Å². The number of hydrogen-bond acceptors (Lipinski definition) is 5. The SMILES string of the molecule is CCCCCC(N)(N)C(=O)CCCC[C@@H]1SC[C@@H]2NC(=O)N[C@@H]21.Cl. The summed E-state index contributed by atoms with van der Waals surface area (Å²) in [7, 11) is 0. The molecule has 0 aromatic carbocycles. The number of amides is 2. The molecule has 6 N–H and O–H groups in total. The van der Waals surface area contributed by atoms with Crippen molar-refractivity contribution in [3.63, 3.8) is 0 Å². The van der Waals surface area contributed by atoms with Crippen LogP contribution in [0.3, 0.4) is 0 Å². The first-order valence-electron chi connectivity index (χ1n) is 8.73. The van der Waals surface area contributed by atoms with Crippen molar-refractivity contribution < 1.29 is 9.59 Å². The molecule has 6 nitrogen and oxygen atoms in total. The Morgan fingerprint density at radius 2 is 2.00 bits per heavy atom. The van der Waals surface area contributed by atoms with Gasteiger partial charge in [-0.25, -0.2) is 4.79 Å². The number of urea groups is 1. The summed E-state index contributed by atoms with van der Waals surface area (Å²) < 4.78 is 0. The van der Waals surface area contributed by atoms with Crippen molar-refractivity contribution in [2.45, 2.75) is 81.3 Å². The molecule has 2 saturated heterocycles. The van der Waals surface area contributed by atoms with E-state index in [-0.39, 0.29) is 36.3 Å². The minimum atomic E-state index is -1.16. The second-order valence-electron chi connectivity index (χ2n) is 6.79. The zero-order chi connectivity index (χ0) is 16.9. The van der Waals surface area contributed by atoms with Crippen molar-refractivity contribution in [3.05, 3.63) is 0 Å². The zero-order valence-electron chi connectivity index (χ0n) is 14.4. The summed E-state index contributed by atoms with van der Waals surface area (Å²) in [5.41, 5.74) is 10.8. The van der Waals surface area contributed by atoms with Gasteiger partial charge in [-0.05, 0) is 25.7 Å². The van der Waals surface area contributed by atoms with Crippen LogP contribution in [0.1, 0.15) is 58.3 Å². The molecule has 24 heavy (non-hydrogen) atoms. The summed E-state index contributed by atoms with van der Waals surface area (Å²) >= 11 is 1.90. The number of nitrogens with one attached hydrogen (secondary N) is 2. The predicted octanol–water partition coefficient (Wildman–Crippen LogP) is 1.90. The standard InChI is InChI=1S/C16H30N4O2S.ClH/c1-2-3-6-9-16(17,18)13(21)8-5-4-7-12-14-11(10-23-12)19-15(22)20-14;/h11-12,14H,2-10,17-18H2,1H3,(H2,19,20,22);1H/t11-,12-,14-;/m0./s1. The first-order chi connectivity index (χ1) is 10.9. The molecule has 0 unspecified atom stereocenters. The van der Waals surface area contributed by atoms with Crippen LogP contribution in [0, 0.1) is 0 Å². The quantitative estimate of drug-likeness (QED) is 0.263. The van der Waals surface area contributed by atoms with Gasteiger partial charge in [0.1, 0.15) is 5.66 Å². The maximum Gasteiger partial charge on any atom is 0.315 e. The van der Waals surface area contributed by atoms with Crippen molar-refractivity contribution in [1.82, 2.24) is 10.6 Å². The van der Waals surface area contributed by atoms with Gasteiger partial charge in [0, 0.05) is 17.4 Å². The number of carbonyl (C=O) groups is 2. The molecular formula is C16H31ClN4O2S. The van der Waals surface area contributed by atoms with Gasteiger partial charge < -0.3 is 22.1 Å². The van der Waals surface area contributed by atoms with Crippen LogP contribution in [-0.2, 0) is 4.79 Å². The first-order valence-corrected chi connectivity index (χ1v) is 9.78. The molecule has 0 aromatic heterocycles. The van der Waals surface area contributed by atoms with Crippen molar-refractivity contribution in [2.75, 3.05) is 5.75 Å². The van der Waals surface area contributed by atoms with Crippen LogP contribution in [0.2, 0.25) is 0 Å². The lowest BCUT2D eigenvalue weighted by molar-refractivity contribution is -0.124. The number of unbranched alkanes of at least 4 members (excludes halogenated alkanes) is 3. The minimum Gasteiger partial charge on any atom is -0.332 e. The van der Waals surface area contributed by atoms with Crippen molar-refractivity contribution in [3.8, 4) is 0 Å². The number of hydrogen-bond donors (Lipinski definition) is 4. The molecule has 3 atom stereocenters. The number of rotatable bonds is 10. The number of halogens is 1. The van der Waals surface area contributed by atoms with Gasteiger partial charge in [0.15, 0.2) is 5.78 Å². The molecule has 0 aromatic rings. The van der Waals surface area contributed by atoms with Crippen molar-refractivity contribution >= 4 is 36.0 Å². The normalized spacial score (nSPS) is 25.6. The molecule has 8 heteroatoms. The highest BCUT2D eigenvalue weighted by Gasteiger charge is 2.42. The van der Waals surface area contributed by atoms with E-state index in [0.717, 1.165) is 44.3 Å². The molecule has 2 aliphatic heterocycles. The van der Waals surface area contributed by atoms with Gasteiger partial charge in [0.05, 0.1) is 12.1 Å². The van der Waals surface area contributed by atoms with Gasteiger partial charge in [-0.2, -0.15) is 11.8 Å². The van der Waals surface area contributed by atoms with Gasteiger partial charge in [0.25, 0.3) is 0 Å². The highest BCUT2D eigenvalue weighted by Crippen LogP contribution is 2.33. The predicted molar refractivity (Wildman–Crippen MR) is 101 cm³/mol. The van der Waals surface area contributed by atoms with E-state index in [1.165, 1.54) is 0 Å². The number of thioether (sulfide) groups is 1. The van der Waals surface area contributed by atoms with E-state index >= 15 is 0 Å². The molecule has 2 fully saturated rings. The lowest BCUT2D eigenvalue weighted by Crippen LogP contribution is -2.56.